The highest BCUT2D eigenvalue weighted by Gasteiger charge is 2.40. The Labute approximate surface area is 113 Å². The molecule has 0 bridgehead atoms. The van der Waals surface area contributed by atoms with E-state index in [1.807, 2.05) is 0 Å². The lowest BCUT2D eigenvalue weighted by Crippen LogP contribution is -2.55. The highest BCUT2D eigenvalue weighted by Crippen LogP contribution is 2.38. The van der Waals surface area contributed by atoms with Crippen LogP contribution in [0.5, 0.6) is 0 Å². The number of piperidine rings is 1. The van der Waals surface area contributed by atoms with Gasteiger partial charge in [0.15, 0.2) is 0 Å². The van der Waals surface area contributed by atoms with Crippen LogP contribution in [0.25, 0.3) is 0 Å². The van der Waals surface area contributed by atoms with E-state index in [1.165, 1.54) is 63.5 Å². The molecule has 2 fully saturated rings. The fraction of sp³-hybridized carbons (Fsp3) is 0.938. The number of hydrogen-bond acceptors (Lipinski definition) is 2. The minimum Gasteiger partial charge on any atom is -0.286 e. The van der Waals surface area contributed by atoms with Crippen LogP contribution in [0.1, 0.15) is 85.5 Å². The lowest BCUT2D eigenvalue weighted by Gasteiger charge is -2.51. The van der Waals surface area contributed by atoms with Crippen molar-refractivity contribution in [3.63, 3.8) is 0 Å². The van der Waals surface area contributed by atoms with Crippen molar-refractivity contribution < 1.29 is 0 Å². The molecule has 1 aliphatic carbocycles. The summed E-state index contributed by atoms with van der Waals surface area (Å²) in [6.07, 6.45) is 11.8. The van der Waals surface area contributed by atoms with Crippen molar-refractivity contribution in [2.24, 2.45) is 5.10 Å². The zero-order valence-corrected chi connectivity index (χ0v) is 12.8. The first kappa shape index (κ1) is 13.9. The second-order valence-corrected chi connectivity index (χ2v) is 7.37. The largest absolute Gasteiger partial charge is 0.286 e. The van der Waals surface area contributed by atoms with Crippen LogP contribution in [0.2, 0.25) is 0 Å². The molecule has 18 heavy (non-hydrogen) atoms. The predicted octanol–water partition coefficient (Wildman–Crippen LogP) is 4.74. The lowest BCUT2D eigenvalue weighted by atomic mass is 9.82. The molecule has 0 aromatic heterocycles. The molecule has 2 heteroatoms. The van der Waals surface area contributed by atoms with Gasteiger partial charge in [0.25, 0.3) is 0 Å². The Balaban J connectivity index is 2.19. The van der Waals surface area contributed by atoms with Crippen molar-refractivity contribution in [3.05, 3.63) is 0 Å². The van der Waals surface area contributed by atoms with Gasteiger partial charge in [0.05, 0.1) is 11.1 Å². The Kier molecular flexibility index (Phi) is 4.03. The number of nitrogens with zero attached hydrogens (tertiary/aromatic N) is 2. The van der Waals surface area contributed by atoms with Gasteiger partial charge in [0, 0.05) is 5.71 Å². The standard InChI is InChI=1S/C16H30N2/c1-15(2)12-9-13-16(3,4)18(15)17-14-10-7-5-6-8-11-14/h5-13H2,1-4H3. The van der Waals surface area contributed by atoms with Crippen molar-refractivity contribution in [1.82, 2.24) is 5.01 Å². The third-order valence-corrected chi connectivity index (χ3v) is 4.65. The van der Waals surface area contributed by atoms with Gasteiger partial charge in [-0.1, -0.05) is 12.8 Å². The van der Waals surface area contributed by atoms with Crippen LogP contribution >= 0.6 is 0 Å². The predicted molar refractivity (Wildman–Crippen MR) is 79.0 cm³/mol. The fourth-order valence-electron chi connectivity index (χ4n) is 3.63. The fourth-order valence-corrected chi connectivity index (χ4v) is 3.63. The van der Waals surface area contributed by atoms with Gasteiger partial charge >= 0.3 is 0 Å². The Morgan fingerprint density at radius 3 is 1.78 bits per heavy atom. The van der Waals surface area contributed by atoms with E-state index in [2.05, 4.69) is 32.7 Å². The van der Waals surface area contributed by atoms with E-state index >= 15 is 0 Å². The second-order valence-electron chi connectivity index (χ2n) is 7.37. The molecule has 2 rings (SSSR count). The Hall–Kier alpha value is -0.530. The normalized spacial score (nSPS) is 27.8. The van der Waals surface area contributed by atoms with Crippen molar-refractivity contribution in [3.8, 4) is 0 Å². The van der Waals surface area contributed by atoms with E-state index < -0.39 is 0 Å². The summed E-state index contributed by atoms with van der Waals surface area (Å²) >= 11 is 0. The summed E-state index contributed by atoms with van der Waals surface area (Å²) in [5.74, 6) is 0. The average Bonchev–Trinajstić information content (AvgIpc) is 2.51. The van der Waals surface area contributed by atoms with Gasteiger partial charge in [0.2, 0.25) is 0 Å². The summed E-state index contributed by atoms with van der Waals surface area (Å²) < 4.78 is 0. The number of hydrazone groups is 1. The first-order chi connectivity index (χ1) is 8.42. The van der Waals surface area contributed by atoms with Gasteiger partial charge in [-0.15, -0.1) is 0 Å². The SMILES string of the molecule is CC1(C)CCCC(C)(C)N1N=C1CCCCCC1. The molecule has 104 valence electrons. The van der Waals surface area contributed by atoms with Gasteiger partial charge < -0.3 is 0 Å². The first-order valence-corrected chi connectivity index (χ1v) is 7.79. The van der Waals surface area contributed by atoms with Crippen LogP contribution in [0, 0.1) is 0 Å². The third kappa shape index (κ3) is 3.07. The molecule has 0 aromatic carbocycles. The maximum Gasteiger partial charge on any atom is 0.0529 e. The molecule has 0 amide bonds. The quantitative estimate of drug-likeness (QED) is 0.614. The molecule has 0 atom stereocenters. The van der Waals surface area contributed by atoms with Crippen LogP contribution < -0.4 is 0 Å². The zero-order valence-electron chi connectivity index (χ0n) is 12.8. The topological polar surface area (TPSA) is 15.6 Å². The van der Waals surface area contributed by atoms with E-state index in [1.54, 1.807) is 0 Å². The average molecular weight is 250 g/mol. The second kappa shape index (κ2) is 5.22. The van der Waals surface area contributed by atoms with Crippen molar-refractivity contribution in [1.29, 1.82) is 0 Å². The Morgan fingerprint density at radius 2 is 1.28 bits per heavy atom. The Bertz CT molecular complexity index is 289. The van der Waals surface area contributed by atoms with Crippen LogP contribution in [0.3, 0.4) is 0 Å². The maximum atomic E-state index is 5.11. The van der Waals surface area contributed by atoms with Gasteiger partial charge in [-0.3, -0.25) is 5.01 Å². The van der Waals surface area contributed by atoms with Crippen LogP contribution in [-0.2, 0) is 0 Å². The zero-order chi connectivity index (χ0) is 13.2. The molecule has 2 aliphatic rings. The summed E-state index contributed by atoms with van der Waals surface area (Å²) in [5, 5.41) is 7.55. The molecular weight excluding hydrogens is 220 g/mol. The summed E-state index contributed by atoms with van der Waals surface area (Å²) in [4.78, 5) is 0. The number of hydrogen-bond donors (Lipinski definition) is 0. The molecule has 0 spiro atoms. The van der Waals surface area contributed by atoms with Gasteiger partial charge in [-0.2, -0.15) is 5.10 Å². The van der Waals surface area contributed by atoms with Gasteiger partial charge in [-0.25, -0.2) is 0 Å². The molecule has 0 radical (unpaired) electrons. The lowest BCUT2D eigenvalue weighted by molar-refractivity contribution is -0.0250. The molecular formula is C16H30N2. The molecule has 0 unspecified atom stereocenters. The summed E-state index contributed by atoms with van der Waals surface area (Å²) in [6, 6.07) is 0. The smallest absolute Gasteiger partial charge is 0.0529 e. The summed E-state index contributed by atoms with van der Waals surface area (Å²) in [6.45, 7) is 9.42. The summed E-state index contributed by atoms with van der Waals surface area (Å²) in [7, 11) is 0. The molecule has 0 N–H and O–H groups in total. The van der Waals surface area contributed by atoms with E-state index in [-0.39, 0.29) is 11.1 Å². The maximum absolute atomic E-state index is 5.11. The van der Waals surface area contributed by atoms with Crippen molar-refractivity contribution in [2.45, 2.75) is 96.6 Å². The van der Waals surface area contributed by atoms with Crippen molar-refractivity contribution in [2.75, 3.05) is 0 Å². The molecule has 1 heterocycles. The molecule has 0 aromatic rings. The molecule has 1 saturated carbocycles. The highest BCUT2D eigenvalue weighted by molar-refractivity contribution is 5.84. The van der Waals surface area contributed by atoms with Crippen molar-refractivity contribution >= 4 is 5.71 Å². The van der Waals surface area contributed by atoms with Gasteiger partial charge in [0.1, 0.15) is 0 Å². The molecule has 2 nitrogen and oxygen atoms in total. The number of rotatable bonds is 1. The van der Waals surface area contributed by atoms with Crippen LogP contribution in [0.15, 0.2) is 5.10 Å². The summed E-state index contributed by atoms with van der Waals surface area (Å²) in [5.41, 5.74) is 1.90. The third-order valence-electron chi connectivity index (χ3n) is 4.65. The first-order valence-electron chi connectivity index (χ1n) is 7.79. The minimum atomic E-state index is 0.223. The van der Waals surface area contributed by atoms with E-state index in [9.17, 15) is 0 Å². The van der Waals surface area contributed by atoms with Crippen LogP contribution in [0.4, 0.5) is 0 Å². The van der Waals surface area contributed by atoms with Crippen LogP contribution in [-0.4, -0.2) is 21.8 Å². The van der Waals surface area contributed by atoms with E-state index in [0.717, 1.165) is 0 Å². The minimum absolute atomic E-state index is 0.223. The highest BCUT2D eigenvalue weighted by atomic mass is 15.5. The van der Waals surface area contributed by atoms with E-state index in [0.29, 0.717) is 0 Å². The molecule has 1 saturated heterocycles. The Morgan fingerprint density at radius 1 is 0.778 bits per heavy atom. The molecule has 1 aliphatic heterocycles. The van der Waals surface area contributed by atoms with Gasteiger partial charge in [-0.05, 0) is 72.6 Å². The monoisotopic (exact) mass is 250 g/mol. The van der Waals surface area contributed by atoms with E-state index in [4.69, 9.17) is 5.10 Å².